The second kappa shape index (κ2) is 5.70. The van der Waals surface area contributed by atoms with Crippen LogP contribution in [0.5, 0.6) is 0 Å². The standard InChI is InChI=1S/C14H16FN5O2/c1-2-12-17-13-7-6-9(8-19(13)18-12)16-11-5-3-4-10(15)14(11)20(21)22/h3-5,9,16H,2,6-8H2,1H3. The molecule has 1 aromatic carbocycles. The first-order chi connectivity index (χ1) is 10.6. The first-order valence-electron chi connectivity index (χ1n) is 7.20. The number of para-hydroxylation sites is 1. The van der Waals surface area contributed by atoms with E-state index in [1.807, 2.05) is 11.6 Å². The van der Waals surface area contributed by atoms with Gasteiger partial charge in [0.25, 0.3) is 0 Å². The Morgan fingerprint density at radius 2 is 2.36 bits per heavy atom. The highest BCUT2D eigenvalue weighted by atomic mass is 19.1. The van der Waals surface area contributed by atoms with Crippen LogP contribution in [-0.2, 0) is 19.4 Å². The fourth-order valence-corrected chi connectivity index (χ4v) is 2.67. The van der Waals surface area contributed by atoms with E-state index in [4.69, 9.17) is 0 Å². The molecule has 1 aromatic heterocycles. The van der Waals surface area contributed by atoms with E-state index in [1.165, 1.54) is 12.1 Å². The largest absolute Gasteiger partial charge is 0.375 e. The Balaban J connectivity index is 1.80. The summed E-state index contributed by atoms with van der Waals surface area (Å²) in [4.78, 5) is 14.8. The van der Waals surface area contributed by atoms with Gasteiger partial charge in [-0.05, 0) is 18.6 Å². The monoisotopic (exact) mass is 305 g/mol. The number of benzene rings is 1. The third kappa shape index (κ3) is 2.63. The molecule has 0 spiro atoms. The van der Waals surface area contributed by atoms with Gasteiger partial charge in [-0.1, -0.05) is 13.0 Å². The second-order valence-corrected chi connectivity index (χ2v) is 5.25. The smallest absolute Gasteiger partial charge is 0.327 e. The lowest BCUT2D eigenvalue weighted by Gasteiger charge is -2.24. The van der Waals surface area contributed by atoms with E-state index in [-0.39, 0.29) is 11.7 Å². The van der Waals surface area contributed by atoms with Crippen LogP contribution in [-0.4, -0.2) is 25.7 Å². The SMILES string of the molecule is CCc1nc2n(n1)CC(Nc1cccc(F)c1[N+](=O)[O-])CC2. The molecule has 0 amide bonds. The molecule has 0 saturated carbocycles. The average molecular weight is 305 g/mol. The molecule has 1 aliphatic rings. The zero-order valence-corrected chi connectivity index (χ0v) is 12.1. The highest BCUT2D eigenvalue weighted by Crippen LogP contribution is 2.29. The molecule has 0 fully saturated rings. The van der Waals surface area contributed by atoms with Crippen molar-refractivity contribution >= 4 is 11.4 Å². The van der Waals surface area contributed by atoms with E-state index in [9.17, 15) is 14.5 Å². The van der Waals surface area contributed by atoms with Crippen LogP contribution in [0.4, 0.5) is 15.8 Å². The van der Waals surface area contributed by atoms with Crippen molar-refractivity contribution in [3.63, 3.8) is 0 Å². The van der Waals surface area contributed by atoms with Crippen molar-refractivity contribution in [3.8, 4) is 0 Å². The molecule has 0 radical (unpaired) electrons. The lowest BCUT2D eigenvalue weighted by Crippen LogP contribution is -2.32. The summed E-state index contributed by atoms with van der Waals surface area (Å²) in [6, 6.07) is 4.03. The number of nitro benzene ring substituents is 1. The Morgan fingerprint density at radius 3 is 3.09 bits per heavy atom. The molecule has 1 N–H and O–H groups in total. The summed E-state index contributed by atoms with van der Waals surface area (Å²) >= 11 is 0. The van der Waals surface area contributed by atoms with Crippen molar-refractivity contribution in [1.82, 2.24) is 14.8 Å². The molecule has 0 aliphatic carbocycles. The molecule has 2 aromatic rings. The Morgan fingerprint density at radius 1 is 1.55 bits per heavy atom. The van der Waals surface area contributed by atoms with E-state index in [1.54, 1.807) is 0 Å². The van der Waals surface area contributed by atoms with Gasteiger partial charge in [0.05, 0.1) is 11.5 Å². The van der Waals surface area contributed by atoms with Gasteiger partial charge in [0.2, 0.25) is 5.82 Å². The number of aromatic nitrogens is 3. The predicted octanol–water partition coefficient (Wildman–Crippen LogP) is 2.31. The van der Waals surface area contributed by atoms with Gasteiger partial charge >= 0.3 is 5.69 Å². The van der Waals surface area contributed by atoms with Gasteiger partial charge in [-0.15, -0.1) is 0 Å². The molecule has 22 heavy (non-hydrogen) atoms. The molecule has 1 aliphatic heterocycles. The van der Waals surface area contributed by atoms with Crippen molar-refractivity contribution in [1.29, 1.82) is 0 Å². The molecule has 1 atom stereocenters. The van der Waals surface area contributed by atoms with E-state index < -0.39 is 16.4 Å². The maximum absolute atomic E-state index is 13.6. The molecule has 116 valence electrons. The Kier molecular flexibility index (Phi) is 3.74. The van der Waals surface area contributed by atoms with Gasteiger partial charge in [0, 0.05) is 18.9 Å². The van der Waals surface area contributed by atoms with Gasteiger partial charge < -0.3 is 5.32 Å². The molecule has 0 bridgehead atoms. The van der Waals surface area contributed by atoms with Crippen molar-refractivity contribution in [2.45, 2.75) is 38.8 Å². The fourth-order valence-electron chi connectivity index (χ4n) is 2.67. The lowest BCUT2D eigenvalue weighted by molar-refractivity contribution is -0.386. The van der Waals surface area contributed by atoms with Crippen LogP contribution in [0.1, 0.15) is 25.0 Å². The van der Waals surface area contributed by atoms with Gasteiger partial charge in [-0.2, -0.15) is 9.49 Å². The third-order valence-electron chi connectivity index (χ3n) is 3.75. The minimum Gasteiger partial charge on any atom is -0.375 e. The van der Waals surface area contributed by atoms with Crippen LogP contribution in [0.15, 0.2) is 18.2 Å². The molecular formula is C14H16FN5O2. The quantitative estimate of drug-likeness (QED) is 0.692. The fraction of sp³-hybridized carbons (Fsp3) is 0.429. The zero-order chi connectivity index (χ0) is 15.7. The number of hydrogen-bond donors (Lipinski definition) is 1. The van der Waals surface area contributed by atoms with Gasteiger partial charge in [-0.25, -0.2) is 9.67 Å². The van der Waals surface area contributed by atoms with Crippen LogP contribution in [0.3, 0.4) is 0 Å². The Hall–Kier alpha value is -2.51. The maximum atomic E-state index is 13.6. The number of fused-ring (bicyclic) bond motifs is 1. The summed E-state index contributed by atoms with van der Waals surface area (Å²) in [6.45, 7) is 2.56. The van der Waals surface area contributed by atoms with Crippen molar-refractivity contribution in [3.05, 3.63) is 45.8 Å². The van der Waals surface area contributed by atoms with Crippen LogP contribution in [0.2, 0.25) is 0 Å². The first kappa shape index (κ1) is 14.4. The summed E-state index contributed by atoms with van der Waals surface area (Å²) in [5.74, 6) is 0.900. The number of nitrogens with zero attached hydrogens (tertiary/aromatic N) is 4. The van der Waals surface area contributed by atoms with Crippen molar-refractivity contribution < 1.29 is 9.31 Å². The molecular weight excluding hydrogens is 289 g/mol. The molecule has 7 nitrogen and oxygen atoms in total. The summed E-state index contributed by atoms with van der Waals surface area (Å²) in [5.41, 5.74) is -0.310. The Labute approximate surface area is 126 Å². The zero-order valence-electron chi connectivity index (χ0n) is 12.1. The van der Waals surface area contributed by atoms with Crippen molar-refractivity contribution in [2.75, 3.05) is 5.32 Å². The number of nitro groups is 1. The number of rotatable bonds is 4. The van der Waals surface area contributed by atoms with Crippen LogP contribution in [0, 0.1) is 15.9 Å². The summed E-state index contributed by atoms with van der Waals surface area (Å²) < 4.78 is 15.5. The first-order valence-corrected chi connectivity index (χ1v) is 7.20. The van der Waals surface area contributed by atoms with E-state index in [0.717, 1.165) is 37.0 Å². The third-order valence-corrected chi connectivity index (χ3v) is 3.75. The highest BCUT2D eigenvalue weighted by molar-refractivity contribution is 5.62. The van der Waals surface area contributed by atoms with E-state index in [0.29, 0.717) is 6.54 Å². The van der Waals surface area contributed by atoms with Crippen LogP contribution >= 0.6 is 0 Å². The topological polar surface area (TPSA) is 85.9 Å². The number of halogens is 1. The van der Waals surface area contributed by atoms with Gasteiger partial charge in [-0.3, -0.25) is 10.1 Å². The van der Waals surface area contributed by atoms with E-state index in [2.05, 4.69) is 15.4 Å². The minimum atomic E-state index is -0.833. The van der Waals surface area contributed by atoms with Crippen molar-refractivity contribution in [2.24, 2.45) is 0 Å². The van der Waals surface area contributed by atoms with Crippen LogP contribution in [0.25, 0.3) is 0 Å². The predicted molar refractivity (Wildman–Crippen MR) is 78.2 cm³/mol. The number of hydrogen-bond acceptors (Lipinski definition) is 5. The number of anilines is 1. The summed E-state index contributed by atoms with van der Waals surface area (Å²) in [6.07, 6.45) is 2.29. The number of aryl methyl sites for hydroxylation is 2. The molecule has 0 saturated heterocycles. The van der Waals surface area contributed by atoms with Crippen LogP contribution < -0.4 is 5.32 Å². The van der Waals surface area contributed by atoms with E-state index >= 15 is 0 Å². The summed E-state index contributed by atoms with van der Waals surface area (Å²) in [7, 11) is 0. The minimum absolute atomic E-state index is 0.0422. The average Bonchev–Trinajstić information content (AvgIpc) is 2.89. The van der Waals surface area contributed by atoms with Gasteiger partial charge in [0.1, 0.15) is 11.5 Å². The molecule has 8 heteroatoms. The Bertz CT molecular complexity index is 715. The van der Waals surface area contributed by atoms with Gasteiger partial charge in [0.15, 0.2) is 5.82 Å². The number of nitrogens with one attached hydrogen (secondary N) is 1. The molecule has 3 rings (SSSR count). The molecule has 2 heterocycles. The maximum Gasteiger partial charge on any atom is 0.327 e. The highest BCUT2D eigenvalue weighted by Gasteiger charge is 2.25. The summed E-state index contributed by atoms with van der Waals surface area (Å²) in [5, 5.41) is 18.5. The molecule has 1 unspecified atom stereocenters. The lowest BCUT2D eigenvalue weighted by atomic mass is 10.1. The second-order valence-electron chi connectivity index (χ2n) is 5.25. The normalized spacial score (nSPS) is 17.1.